The maximum atomic E-state index is 10.3. The molecule has 0 bridgehead atoms. The summed E-state index contributed by atoms with van der Waals surface area (Å²) in [6.07, 6.45) is 0.392. The summed E-state index contributed by atoms with van der Waals surface area (Å²) in [5.74, 6) is 0. The van der Waals surface area contributed by atoms with E-state index in [0.717, 1.165) is 0 Å². The Kier molecular flexibility index (Phi) is 2.26. The van der Waals surface area contributed by atoms with Gasteiger partial charge in [0.25, 0.3) is 11.9 Å². The van der Waals surface area contributed by atoms with Crippen molar-refractivity contribution in [1.82, 2.24) is 4.99 Å². The molecular formula is C8H6ClNO4+. The number of rotatable bonds is 2. The third kappa shape index (κ3) is 1.92. The number of halogens is 1. The molecule has 1 atom stereocenters. The monoisotopic (exact) mass is 215 g/mol. The summed E-state index contributed by atoms with van der Waals surface area (Å²) in [7, 11) is -4.42. The third-order valence-electron chi connectivity index (χ3n) is 1.80. The van der Waals surface area contributed by atoms with Crippen LogP contribution in [0, 0.1) is 10.2 Å². The van der Waals surface area contributed by atoms with Crippen molar-refractivity contribution in [3.63, 3.8) is 0 Å². The van der Waals surface area contributed by atoms with Crippen LogP contribution in [0.5, 0.6) is 0 Å². The summed E-state index contributed by atoms with van der Waals surface area (Å²) in [5, 5.41) is 0. The van der Waals surface area contributed by atoms with Crippen molar-refractivity contribution >= 4 is 11.9 Å². The van der Waals surface area contributed by atoms with Crippen LogP contribution in [-0.4, -0.2) is 6.21 Å². The van der Waals surface area contributed by atoms with E-state index >= 15 is 0 Å². The molecule has 1 aromatic carbocycles. The van der Waals surface area contributed by atoms with Gasteiger partial charge in [0.2, 0.25) is 0 Å². The van der Waals surface area contributed by atoms with E-state index in [-0.39, 0.29) is 0 Å². The lowest BCUT2D eigenvalue weighted by atomic mass is 10.1. The Hall–Kier alpha value is -0.980. The largest absolute Gasteiger partial charge is 0.327 e. The van der Waals surface area contributed by atoms with Crippen LogP contribution in [0.3, 0.4) is 0 Å². The van der Waals surface area contributed by atoms with Crippen LogP contribution < -0.4 is 19.0 Å². The van der Waals surface area contributed by atoms with Gasteiger partial charge in [-0.2, -0.15) is 14.0 Å². The molecule has 0 aromatic heterocycles. The first-order valence-corrected chi connectivity index (χ1v) is 5.02. The van der Waals surface area contributed by atoms with Crippen molar-refractivity contribution in [2.45, 2.75) is 6.10 Å². The molecule has 0 amide bonds. The minimum absolute atomic E-state index is 0.583. The minimum atomic E-state index is -4.42. The molecule has 1 radical (unpaired) electrons. The molecule has 0 saturated heterocycles. The van der Waals surface area contributed by atoms with E-state index in [1.807, 2.05) is 0 Å². The number of nitrogens with zero attached hydrogens (tertiary/aromatic N) is 1. The maximum Gasteiger partial charge on any atom is 0.327 e. The van der Waals surface area contributed by atoms with Gasteiger partial charge in [0.05, 0.1) is 25.1 Å². The second-order valence-corrected chi connectivity index (χ2v) is 3.66. The molecule has 0 aliphatic carbocycles. The fourth-order valence-electron chi connectivity index (χ4n) is 1.26. The average molecular weight is 216 g/mol. The SMILES string of the molecule is [O-][Cl+3]([O-])([O-])OC1C=[N+]c2ccccc21. The quantitative estimate of drug-likeness (QED) is 0.554. The number of hydrogen-bond acceptors (Lipinski definition) is 5. The molecule has 0 saturated carbocycles. The van der Waals surface area contributed by atoms with Gasteiger partial charge >= 0.3 is 6.10 Å². The molecule has 0 N–H and O–H groups in total. The van der Waals surface area contributed by atoms with Gasteiger partial charge in [0.15, 0.2) is 0 Å². The fraction of sp³-hybridized carbons (Fsp3) is 0.125. The van der Waals surface area contributed by atoms with E-state index in [2.05, 4.69) is 9.28 Å². The van der Waals surface area contributed by atoms with Crippen LogP contribution in [0.2, 0.25) is 0 Å². The molecule has 73 valence electrons. The molecule has 1 aliphatic rings. The zero-order valence-corrected chi connectivity index (χ0v) is 7.68. The average Bonchev–Trinajstić information content (AvgIpc) is 2.47. The minimum Gasteiger partial charge on any atom is -0.183 e. The van der Waals surface area contributed by atoms with Crippen LogP contribution in [0.4, 0.5) is 5.69 Å². The first kappa shape index (κ1) is 9.57. The van der Waals surface area contributed by atoms with Gasteiger partial charge in [-0.15, -0.1) is 0 Å². The number of hydrogen-bond donors (Lipinski definition) is 0. The summed E-state index contributed by atoms with van der Waals surface area (Å²) in [6.45, 7) is 0. The summed E-state index contributed by atoms with van der Waals surface area (Å²) < 4.78 is 35.3. The molecular weight excluding hydrogens is 210 g/mol. The molecule has 0 spiro atoms. The van der Waals surface area contributed by atoms with Gasteiger partial charge in [-0.3, -0.25) is 0 Å². The number of fused-ring (bicyclic) bond motifs is 1. The summed E-state index contributed by atoms with van der Waals surface area (Å²) >= 11 is 0. The predicted molar refractivity (Wildman–Crippen MR) is 38.1 cm³/mol. The van der Waals surface area contributed by atoms with Gasteiger partial charge < -0.3 is 0 Å². The van der Waals surface area contributed by atoms with Crippen molar-refractivity contribution < 1.29 is 28.5 Å². The van der Waals surface area contributed by atoms with E-state index in [1.54, 1.807) is 24.3 Å². The fourth-order valence-corrected chi connectivity index (χ4v) is 1.64. The van der Waals surface area contributed by atoms with Crippen molar-refractivity contribution in [3.8, 4) is 0 Å². The molecule has 5 nitrogen and oxygen atoms in total. The Morgan fingerprint density at radius 1 is 1.21 bits per heavy atom. The number of aliphatic imine (C=N–C) groups is 1. The Morgan fingerprint density at radius 3 is 2.64 bits per heavy atom. The van der Waals surface area contributed by atoms with E-state index < -0.39 is 16.3 Å². The summed E-state index contributed by atoms with van der Waals surface area (Å²) in [6, 6.07) is 6.86. The van der Waals surface area contributed by atoms with E-state index in [9.17, 15) is 14.0 Å². The maximum absolute atomic E-state index is 10.3. The Bertz CT molecular complexity index is 374. The van der Waals surface area contributed by atoms with E-state index in [0.29, 0.717) is 11.3 Å². The second-order valence-electron chi connectivity index (χ2n) is 2.72. The number of benzene rings is 1. The van der Waals surface area contributed by atoms with Crippen LogP contribution in [0.25, 0.3) is 0 Å². The van der Waals surface area contributed by atoms with Crippen LogP contribution in [0.1, 0.15) is 11.7 Å². The molecule has 1 heterocycles. The highest BCUT2D eigenvalue weighted by Crippen LogP contribution is 2.28. The highest BCUT2D eigenvalue weighted by molar-refractivity contribution is 5.77. The van der Waals surface area contributed by atoms with Gasteiger partial charge in [-0.1, -0.05) is 12.1 Å². The second kappa shape index (κ2) is 3.30. The van der Waals surface area contributed by atoms with Gasteiger partial charge in [0, 0.05) is 6.07 Å². The lowest BCUT2D eigenvalue weighted by Crippen LogP contribution is -2.61. The van der Waals surface area contributed by atoms with Gasteiger partial charge in [-0.25, -0.2) is 0 Å². The molecule has 1 aliphatic heterocycles. The Morgan fingerprint density at radius 2 is 1.93 bits per heavy atom. The molecule has 6 heteroatoms. The molecule has 1 unspecified atom stereocenters. The molecule has 14 heavy (non-hydrogen) atoms. The lowest BCUT2D eigenvalue weighted by Gasteiger charge is -2.13. The van der Waals surface area contributed by atoms with E-state index in [1.165, 1.54) is 6.21 Å². The Balaban J connectivity index is 2.23. The first-order chi connectivity index (χ1) is 6.56. The summed E-state index contributed by atoms with van der Waals surface area (Å²) in [5.41, 5.74) is 1.20. The normalized spacial score (nSPS) is 19.8. The number of para-hydroxylation sites is 1. The Labute approximate surface area is 82.0 Å². The zero-order chi connectivity index (χ0) is 10.2. The highest BCUT2D eigenvalue weighted by atomic mass is 35.7. The van der Waals surface area contributed by atoms with Crippen molar-refractivity contribution in [2.75, 3.05) is 0 Å². The first-order valence-electron chi connectivity index (χ1n) is 3.78. The topological polar surface area (TPSA) is 92.5 Å². The van der Waals surface area contributed by atoms with Crippen molar-refractivity contribution in [2.24, 2.45) is 0 Å². The smallest absolute Gasteiger partial charge is 0.183 e. The third-order valence-corrected chi connectivity index (χ3v) is 2.21. The van der Waals surface area contributed by atoms with E-state index in [4.69, 9.17) is 0 Å². The highest BCUT2D eigenvalue weighted by Gasteiger charge is 2.40. The van der Waals surface area contributed by atoms with Crippen LogP contribution >= 0.6 is 0 Å². The molecule has 0 fully saturated rings. The van der Waals surface area contributed by atoms with Crippen molar-refractivity contribution in [3.05, 3.63) is 29.8 Å². The van der Waals surface area contributed by atoms with Crippen LogP contribution in [0.15, 0.2) is 24.3 Å². The summed E-state index contributed by atoms with van der Waals surface area (Å²) in [4.78, 5) is 3.91. The zero-order valence-electron chi connectivity index (χ0n) is 6.92. The van der Waals surface area contributed by atoms with Crippen molar-refractivity contribution in [1.29, 1.82) is 0 Å². The molecule has 1 aromatic rings. The lowest BCUT2D eigenvalue weighted by molar-refractivity contribution is -1.92. The van der Waals surface area contributed by atoms with Crippen LogP contribution in [-0.2, 0) is 4.29 Å². The standard InChI is InChI=1S/C8H6ClNO4/c11-9(12,13)14-8-5-10-7-4-2-1-3-6(7)8/h1-5,8H/q+1. The van der Waals surface area contributed by atoms with Gasteiger partial charge in [-0.05, 0) is 6.07 Å². The molecule has 2 rings (SSSR count). The van der Waals surface area contributed by atoms with Gasteiger partial charge in [0.1, 0.15) is 0 Å². The predicted octanol–water partition coefficient (Wildman–Crippen LogP) is -2.31.